The number of hydrogen-bond donors (Lipinski definition) is 3. The number of sulfonamides is 1. The van der Waals surface area contributed by atoms with E-state index in [1.54, 1.807) is 10.0 Å². The predicted molar refractivity (Wildman–Crippen MR) is 64.2 cm³/mol. The molecule has 1 saturated heterocycles. The first-order chi connectivity index (χ1) is 9.29. The number of imide groups is 1. The maximum absolute atomic E-state index is 13.4. The predicted octanol–water partition coefficient (Wildman–Crippen LogP) is -0.0855. The van der Waals surface area contributed by atoms with Crippen molar-refractivity contribution in [3.05, 3.63) is 29.8 Å². The minimum atomic E-state index is -4.33. The average Bonchev–Trinajstić information content (AvgIpc) is 2.33. The van der Waals surface area contributed by atoms with E-state index < -0.39 is 51.1 Å². The molecule has 1 unspecified atom stereocenters. The van der Waals surface area contributed by atoms with Crippen molar-refractivity contribution in [1.29, 1.82) is 0 Å². The minimum Gasteiger partial charge on any atom is -0.336 e. The lowest BCUT2D eigenvalue weighted by Gasteiger charge is -2.22. The topological polar surface area (TPSA) is 104 Å². The molecule has 1 heterocycles. The molecule has 0 radical (unpaired) electrons. The van der Waals surface area contributed by atoms with Gasteiger partial charge in [-0.05, 0) is 12.1 Å². The second kappa shape index (κ2) is 5.04. The molecule has 20 heavy (non-hydrogen) atoms. The Kier molecular flexibility index (Phi) is 3.57. The number of nitrogens with one attached hydrogen (secondary N) is 3. The molecule has 108 valence electrons. The lowest BCUT2D eigenvalue weighted by molar-refractivity contribution is -0.120. The van der Waals surface area contributed by atoms with E-state index in [4.69, 9.17) is 0 Å². The zero-order chi connectivity index (χ0) is 14.9. The standard InChI is InChI=1S/C10H9F2N3O4S/c11-5-1-2-6(12)7(3-5)15-20(18,19)8-4-13-10(17)14-9(8)16/h1-3,8,15H,4H2,(H2,13,14,16,17). The molecular weight excluding hydrogens is 296 g/mol. The lowest BCUT2D eigenvalue weighted by atomic mass is 10.3. The van der Waals surface area contributed by atoms with E-state index in [0.717, 1.165) is 12.1 Å². The first-order valence-corrected chi connectivity index (χ1v) is 6.89. The highest BCUT2D eigenvalue weighted by atomic mass is 32.2. The number of amides is 3. The third kappa shape index (κ3) is 2.85. The fourth-order valence-corrected chi connectivity index (χ4v) is 2.81. The molecule has 0 aliphatic carbocycles. The van der Waals surface area contributed by atoms with Gasteiger partial charge in [0, 0.05) is 12.6 Å². The van der Waals surface area contributed by atoms with Crippen molar-refractivity contribution >= 4 is 27.6 Å². The van der Waals surface area contributed by atoms with Crippen LogP contribution in [-0.2, 0) is 14.8 Å². The van der Waals surface area contributed by atoms with E-state index in [9.17, 15) is 26.8 Å². The highest BCUT2D eigenvalue weighted by molar-refractivity contribution is 7.94. The van der Waals surface area contributed by atoms with Crippen molar-refractivity contribution in [2.24, 2.45) is 0 Å². The van der Waals surface area contributed by atoms with Crippen LogP contribution in [0, 0.1) is 11.6 Å². The van der Waals surface area contributed by atoms with Crippen LogP contribution in [0.3, 0.4) is 0 Å². The number of benzene rings is 1. The molecule has 1 aromatic carbocycles. The Bertz CT molecular complexity index is 677. The number of hydrogen-bond acceptors (Lipinski definition) is 4. The summed E-state index contributed by atoms with van der Waals surface area (Å²) in [4.78, 5) is 22.3. The van der Waals surface area contributed by atoms with Crippen LogP contribution in [0.2, 0.25) is 0 Å². The quantitative estimate of drug-likeness (QED) is 0.726. The Balaban J connectivity index is 2.25. The second-order valence-corrected chi connectivity index (χ2v) is 5.82. The van der Waals surface area contributed by atoms with Gasteiger partial charge in [-0.2, -0.15) is 0 Å². The summed E-state index contributed by atoms with van der Waals surface area (Å²) in [6, 6.07) is 1.39. The number of urea groups is 1. The summed E-state index contributed by atoms with van der Waals surface area (Å²) in [5.74, 6) is -2.88. The van der Waals surface area contributed by atoms with E-state index in [0.29, 0.717) is 6.07 Å². The monoisotopic (exact) mass is 305 g/mol. The highest BCUT2D eigenvalue weighted by Crippen LogP contribution is 2.18. The van der Waals surface area contributed by atoms with Gasteiger partial charge in [-0.1, -0.05) is 0 Å². The minimum absolute atomic E-state index is 0.461. The number of rotatable bonds is 3. The number of carbonyl (C=O) groups is 2. The van der Waals surface area contributed by atoms with E-state index in [1.165, 1.54) is 0 Å². The van der Waals surface area contributed by atoms with Crippen molar-refractivity contribution in [1.82, 2.24) is 10.6 Å². The maximum atomic E-state index is 13.4. The van der Waals surface area contributed by atoms with Gasteiger partial charge in [0.2, 0.25) is 15.9 Å². The molecule has 0 spiro atoms. The Hall–Kier alpha value is -2.23. The molecule has 0 bridgehead atoms. The van der Waals surface area contributed by atoms with E-state index in [2.05, 4.69) is 5.32 Å². The first kappa shape index (κ1) is 14.2. The van der Waals surface area contributed by atoms with Gasteiger partial charge in [-0.3, -0.25) is 14.8 Å². The van der Waals surface area contributed by atoms with Gasteiger partial charge in [0.1, 0.15) is 11.6 Å². The zero-order valence-corrected chi connectivity index (χ0v) is 10.6. The third-order valence-electron chi connectivity index (χ3n) is 2.53. The molecule has 1 aliphatic rings. The van der Waals surface area contributed by atoms with Gasteiger partial charge in [-0.15, -0.1) is 0 Å². The van der Waals surface area contributed by atoms with Gasteiger partial charge in [-0.25, -0.2) is 22.0 Å². The molecule has 0 aromatic heterocycles. The van der Waals surface area contributed by atoms with E-state index in [1.807, 2.05) is 0 Å². The molecule has 1 aliphatic heterocycles. The fraction of sp³-hybridized carbons (Fsp3) is 0.200. The van der Waals surface area contributed by atoms with E-state index >= 15 is 0 Å². The molecule has 1 atom stereocenters. The molecule has 10 heteroatoms. The second-order valence-electron chi connectivity index (χ2n) is 3.96. The van der Waals surface area contributed by atoms with Crippen LogP contribution in [0.1, 0.15) is 0 Å². The number of anilines is 1. The summed E-state index contributed by atoms with van der Waals surface area (Å²) < 4.78 is 52.0. The van der Waals surface area contributed by atoms with Crippen molar-refractivity contribution in [3.8, 4) is 0 Å². The Labute approximate surface area is 112 Å². The van der Waals surface area contributed by atoms with Gasteiger partial charge < -0.3 is 5.32 Å². The van der Waals surface area contributed by atoms with Gasteiger partial charge in [0.05, 0.1) is 5.69 Å². The summed E-state index contributed by atoms with van der Waals surface area (Å²) in [6.07, 6.45) is 0. The van der Waals surface area contributed by atoms with Crippen molar-refractivity contribution in [3.63, 3.8) is 0 Å². The largest absolute Gasteiger partial charge is 0.336 e. The zero-order valence-electron chi connectivity index (χ0n) is 9.81. The summed E-state index contributed by atoms with van der Waals surface area (Å²) in [6.45, 7) is -0.461. The van der Waals surface area contributed by atoms with Crippen LogP contribution in [0.5, 0.6) is 0 Å². The average molecular weight is 305 g/mol. The normalized spacial score (nSPS) is 19.2. The van der Waals surface area contributed by atoms with Crippen LogP contribution >= 0.6 is 0 Å². The fourth-order valence-electron chi connectivity index (χ4n) is 1.57. The smallest absolute Gasteiger partial charge is 0.321 e. The lowest BCUT2D eigenvalue weighted by Crippen LogP contribution is -2.58. The summed E-state index contributed by atoms with van der Waals surface area (Å²) in [7, 11) is -4.33. The van der Waals surface area contributed by atoms with Crippen LogP contribution in [0.25, 0.3) is 0 Å². The van der Waals surface area contributed by atoms with Crippen molar-refractivity contribution in [2.45, 2.75) is 5.25 Å². The van der Waals surface area contributed by atoms with Gasteiger partial charge >= 0.3 is 6.03 Å². The van der Waals surface area contributed by atoms with Crippen LogP contribution in [-0.4, -0.2) is 32.2 Å². The Morgan fingerprint density at radius 3 is 2.60 bits per heavy atom. The summed E-state index contributed by atoms with van der Waals surface area (Å²) in [5, 5.41) is 2.26. The van der Waals surface area contributed by atoms with Gasteiger partial charge in [0.15, 0.2) is 5.25 Å². The Morgan fingerprint density at radius 1 is 1.25 bits per heavy atom. The van der Waals surface area contributed by atoms with Gasteiger partial charge in [0.25, 0.3) is 0 Å². The van der Waals surface area contributed by atoms with Crippen LogP contribution < -0.4 is 15.4 Å². The highest BCUT2D eigenvalue weighted by Gasteiger charge is 2.37. The molecule has 1 aromatic rings. The molecule has 1 fully saturated rings. The van der Waals surface area contributed by atoms with Crippen molar-refractivity contribution < 1.29 is 26.8 Å². The molecule has 7 nitrogen and oxygen atoms in total. The summed E-state index contributed by atoms with van der Waals surface area (Å²) in [5.41, 5.74) is -0.616. The molecule has 3 N–H and O–H groups in total. The van der Waals surface area contributed by atoms with E-state index in [-0.39, 0.29) is 0 Å². The molecule has 0 saturated carbocycles. The van der Waals surface area contributed by atoms with Crippen molar-refractivity contribution in [2.75, 3.05) is 11.3 Å². The molecule has 3 amide bonds. The number of carbonyl (C=O) groups excluding carboxylic acids is 2. The first-order valence-electron chi connectivity index (χ1n) is 5.35. The van der Waals surface area contributed by atoms with Crippen LogP contribution in [0.15, 0.2) is 18.2 Å². The Morgan fingerprint density at radius 2 is 1.95 bits per heavy atom. The molecule has 2 rings (SSSR count). The number of halogens is 2. The van der Waals surface area contributed by atoms with Crippen LogP contribution in [0.4, 0.5) is 19.3 Å². The SMILES string of the molecule is O=C1NCC(S(=O)(=O)Nc2cc(F)ccc2F)C(=O)N1. The molecular formula is C10H9F2N3O4S. The third-order valence-corrected chi connectivity index (χ3v) is 4.17. The maximum Gasteiger partial charge on any atom is 0.321 e. The summed E-state index contributed by atoms with van der Waals surface area (Å²) >= 11 is 0.